The van der Waals surface area contributed by atoms with Crippen LogP contribution in [0, 0.1) is 6.92 Å². The van der Waals surface area contributed by atoms with Crippen LogP contribution in [0.15, 0.2) is 53.5 Å². The number of hydrogen-bond donors (Lipinski definition) is 3. The molecule has 3 rings (SSSR count). The van der Waals surface area contributed by atoms with Crippen molar-refractivity contribution in [2.75, 3.05) is 19.0 Å². The van der Waals surface area contributed by atoms with Gasteiger partial charge in [-0.05, 0) is 43.0 Å². The van der Waals surface area contributed by atoms with Crippen molar-refractivity contribution in [3.63, 3.8) is 0 Å². The molecule has 6 nitrogen and oxygen atoms in total. The van der Waals surface area contributed by atoms with Gasteiger partial charge in [0.05, 0.1) is 0 Å². The molecule has 0 aromatic heterocycles. The second-order valence-electron chi connectivity index (χ2n) is 6.96. The fraction of sp³-hybridized carbons (Fsp3) is 0.364. The third-order valence-corrected chi connectivity index (χ3v) is 4.64. The van der Waals surface area contributed by atoms with Gasteiger partial charge in [0, 0.05) is 32.4 Å². The van der Waals surface area contributed by atoms with E-state index in [0.717, 1.165) is 30.1 Å². The Balaban J connectivity index is 1.50. The maximum absolute atomic E-state index is 12.2. The number of nitrogens with one attached hydrogen (secondary N) is 3. The molecule has 0 aliphatic carbocycles. The molecule has 1 atom stereocenters. The van der Waals surface area contributed by atoms with Crippen molar-refractivity contribution in [3.8, 4) is 0 Å². The summed E-state index contributed by atoms with van der Waals surface area (Å²) in [4.78, 5) is 16.5. The molecule has 0 radical (unpaired) electrons. The first-order chi connectivity index (χ1) is 13.6. The Hall–Kier alpha value is -2.86. The second-order valence-corrected chi connectivity index (χ2v) is 6.96. The number of ether oxygens (including phenoxy) is 1. The molecule has 1 unspecified atom stereocenters. The molecule has 0 spiro atoms. The van der Waals surface area contributed by atoms with Gasteiger partial charge in [0.2, 0.25) is 0 Å². The molecular formula is C22H28N4O2. The summed E-state index contributed by atoms with van der Waals surface area (Å²) in [5.74, 6) is 0.661. The van der Waals surface area contributed by atoms with E-state index in [1.807, 2.05) is 24.3 Å². The highest BCUT2D eigenvalue weighted by atomic mass is 16.5. The SMILES string of the molecule is CN=C(NCc1cccc(C)c1)NCc1cccc(NC(=O)C2CCCO2)c1. The maximum Gasteiger partial charge on any atom is 0.253 e. The van der Waals surface area contributed by atoms with Crippen molar-refractivity contribution < 1.29 is 9.53 Å². The summed E-state index contributed by atoms with van der Waals surface area (Å²) in [5.41, 5.74) is 4.29. The summed E-state index contributed by atoms with van der Waals surface area (Å²) in [7, 11) is 1.75. The van der Waals surface area contributed by atoms with Crippen molar-refractivity contribution in [2.24, 2.45) is 4.99 Å². The molecule has 2 aromatic rings. The highest BCUT2D eigenvalue weighted by molar-refractivity contribution is 5.94. The first-order valence-electron chi connectivity index (χ1n) is 9.65. The number of aliphatic imine (C=N–C) groups is 1. The molecule has 0 bridgehead atoms. The number of benzene rings is 2. The van der Waals surface area contributed by atoms with Gasteiger partial charge in [0.15, 0.2) is 5.96 Å². The van der Waals surface area contributed by atoms with Crippen LogP contribution >= 0.6 is 0 Å². The largest absolute Gasteiger partial charge is 0.368 e. The van der Waals surface area contributed by atoms with Crippen LogP contribution < -0.4 is 16.0 Å². The highest BCUT2D eigenvalue weighted by Gasteiger charge is 2.23. The Morgan fingerprint density at radius 3 is 2.46 bits per heavy atom. The van der Waals surface area contributed by atoms with Crippen LogP contribution in [0.25, 0.3) is 0 Å². The standard InChI is InChI=1S/C22H28N4O2/c1-16-6-3-7-17(12-16)14-24-22(23-2)25-15-18-8-4-9-19(13-18)26-21(27)20-10-5-11-28-20/h3-4,6-9,12-13,20H,5,10-11,14-15H2,1-2H3,(H,26,27)(H2,23,24,25). The van der Waals surface area contributed by atoms with Gasteiger partial charge in [0.25, 0.3) is 5.91 Å². The first-order valence-corrected chi connectivity index (χ1v) is 9.65. The lowest BCUT2D eigenvalue weighted by molar-refractivity contribution is -0.124. The lowest BCUT2D eigenvalue weighted by Gasteiger charge is -2.14. The summed E-state index contributed by atoms with van der Waals surface area (Å²) >= 11 is 0. The van der Waals surface area contributed by atoms with E-state index in [9.17, 15) is 4.79 Å². The average molecular weight is 380 g/mol. The van der Waals surface area contributed by atoms with E-state index in [0.29, 0.717) is 19.7 Å². The third-order valence-electron chi connectivity index (χ3n) is 4.64. The molecule has 28 heavy (non-hydrogen) atoms. The fourth-order valence-electron chi connectivity index (χ4n) is 3.18. The summed E-state index contributed by atoms with van der Waals surface area (Å²) in [5, 5.41) is 9.57. The molecule has 6 heteroatoms. The molecule has 1 heterocycles. The summed E-state index contributed by atoms with van der Waals surface area (Å²) in [6.07, 6.45) is 1.40. The Kier molecular flexibility index (Phi) is 7.03. The predicted molar refractivity (Wildman–Crippen MR) is 112 cm³/mol. The van der Waals surface area contributed by atoms with Gasteiger partial charge in [-0.3, -0.25) is 9.79 Å². The summed E-state index contributed by atoms with van der Waals surface area (Å²) < 4.78 is 5.43. The zero-order valence-corrected chi connectivity index (χ0v) is 16.5. The quantitative estimate of drug-likeness (QED) is 0.532. The fourth-order valence-corrected chi connectivity index (χ4v) is 3.18. The smallest absolute Gasteiger partial charge is 0.253 e. The topological polar surface area (TPSA) is 74.8 Å². The molecule has 148 valence electrons. The van der Waals surface area contributed by atoms with E-state index in [1.165, 1.54) is 11.1 Å². The zero-order valence-electron chi connectivity index (χ0n) is 16.5. The van der Waals surface area contributed by atoms with Crippen molar-refractivity contribution >= 4 is 17.6 Å². The number of amides is 1. The molecule has 2 aromatic carbocycles. The molecule has 0 saturated carbocycles. The lowest BCUT2D eigenvalue weighted by Crippen LogP contribution is -2.36. The van der Waals surface area contributed by atoms with Gasteiger partial charge in [0.1, 0.15) is 6.10 Å². The number of rotatable bonds is 6. The number of carbonyl (C=O) groups excluding carboxylic acids is 1. The molecule has 1 fully saturated rings. The van der Waals surface area contributed by atoms with Crippen LogP contribution in [-0.4, -0.2) is 31.6 Å². The van der Waals surface area contributed by atoms with E-state index in [2.05, 4.69) is 52.1 Å². The molecule has 1 saturated heterocycles. The molecule has 1 amide bonds. The first kappa shape index (κ1) is 19.9. The maximum atomic E-state index is 12.2. The minimum atomic E-state index is -0.327. The van der Waals surface area contributed by atoms with E-state index in [4.69, 9.17) is 4.74 Å². The number of aryl methyl sites for hydroxylation is 1. The monoisotopic (exact) mass is 380 g/mol. The van der Waals surface area contributed by atoms with Gasteiger partial charge in [-0.2, -0.15) is 0 Å². The van der Waals surface area contributed by atoms with Crippen molar-refractivity contribution in [3.05, 3.63) is 65.2 Å². The van der Waals surface area contributed by atoms with E-state index >= 15 is 0 Å². The summed E-state index contributed by atoms with van der Waals surface area (Å²) in [6.45, 7) is 4.06. The normalized spacial score (nSPS) is 16.6. The van der Waals surface area contributed by atoms with Crippen molar-refractivity contribution in [1.29, 1.82) is 0 Å². The Morgan fingerprint density at radius 1 is 1.11 bits per heavy atom. The van der Waals surface area contributed by atoms with E-state index in [1.54, 1.807) is 7.05 Å². The van der Waals surface area contributed by atoms with Crippen LogP contribution in [0.4, 0.5) is 5.69 Å². The number of hydrogen-bond acceptors (Lipinski definition) is 3. The molecule has 1 aliphatic heterocycles. The van der Waals surface area contributed by atoms with Gasteiger partial charge >= 0.3 is 0 Å². The van der Waals surface area contributed by atoms with Crippen molar-refractivity contribution in [2.45, 2.75) is 39.0 Å². The molecule has 1 aliphatic rings. The van der Waals surface area contributed by atoms with Crippen LogP contribution in [0.1, 0.15) is 29.5 Å². The van der Waals surface area contributed by atoms with Crippen LogP contribution in [-0.2, 0) is 22.6 Å². The van der Waals surface area contributed by atoms with E-state index in [-0.39, 0.29) is 12.0 Å². The predicted octanol–water partition coefficient (Wildman–Crippen LogP) is 2.98. The van der Waals surface area contributed by atoms with Gasteiger partial charge < -0.3 is 20.7 Å². The molecular weight excluding hydrogens is 352 g/mol. The Labute approximate surface area is 166 Å². The van der Waals surface area contributed by atoms with Crippen molar-refractivity contribution in [1.82, 2.24) is 10.6 Å². The number of anilines is 1. The van der Waals surface area contributed by atoms with Gasteiger partial charge in [-0.1, -0.05) is 42.0 Å². The summed E-state index contributed by atoms with van der Waals surface area (Å²) in [6, 6.07) is 16.2. The Bertz CT molecular complexity index is 829. The van der Waals surface area contributed by atoms with Crippen LogP contribution in [0.3, 0.4) is 0 Å². The number of carbonyl (C=O) groups is 1. The second kappa shape index (κ2) is 9.90. The van der Waals surface area contributed by atoms with Crippen LogP contribution in [0.2, 0.25) is 0 Å². The Morgan fingerprint density at radius 2 is 1.82 bits per heavy atom. The molecule has 3 N–H and O–H groups in total. The lowest BCUT2D eigenvalue weighted by atomic mass is 10.1. The minimum Gasteiger partial charge on any atom is -0.368 e. The third kappa shape index (κ3) is 5.82. The zero-order chi connectivity index (χ0) is 19.8. The highest BCUT2D eigenvalue weighted by Crippen LogP contribution is 2.16. The number of nitrogens with zero attached hydrogens (tertiary/aromatic N) is 1. The average Bonchev–Trinajstić information content (AvgIpc) is 3.23. The van der Waals surface area contributed by atoms with Crippen LogP contribution in [0.5, 0.6) is 0 Å². The van der Waals surface area contributed by atoms with Gasteiger partial charge in [-0.15, -0.1) is 0 Å². The number of guanidine groups is 1. The van der Waals surface area contributed by atoms with Gasteiger partial charge in [-0.25, -0.2) is 0 Å². The van der Waals surface area contributed by atoms with E-state index < -0.39 is 0 Å². The minimum absolute atomic E-state index is 0.0711.